The van der Waals surface area contributed by atoms with Crippen molar-refractivity contribution in [3.8, 4) is 11.5 Å². The molecule has 1 amide bonds. The van der Waals surface area contributed by atoms with Crippen LogP contribution in [0.15, 0.2) is 18.2 Å². The lowest BCUT2D eigenvalue weighted by molar-refractivity contribution is -0.0481. The summed E-state index contributed by atoms with van der Waals surface area (Å²) in [6, 6.07) is 5.00. The van der Waals surface area contributed by atoms with Gasteiger partial charge in [-0.15, -0.1) is 0 Å². The standard InChI is InChI=1S/C16H22N2O4S/c1-10-8-18(9-11(2)22-10)16(23)17-15(19)12-5-13(20-3)7-14(6-12)21-4/h5-7,10-11H,8-9H2,1-4H3,(H,17,19,23). The normalized spacial score (nSPS) is 20.8. The van der Waals surface area contributed by atoms with Crippen molar-refractivity contribution in [1.29, 1.82) is 0 Å². The SMILES string of the molecule is COc1cc(OC)cc(C(=O)NC(=S)N2CC(C)OC(C)C2)c1. The third-order valence-electron chi connectivity index (χ3n) is 3.54. The van der Waals surface area contributed by atoms with Crippen LogP contribution in [0.5, 0.6) is 11.5 Å². The van der Waals surface area contributed by atoms with Gasteiger partial charge >= 0.3 is 0 Å². The fourth-order valence-corrected chi connectivity index (χ4v) is 2.77. The van der Waals surface area contributed by atoms with E-state index in [2.05, 4.69) is 5.32 Å². The Labute approximate surface area is 141 Å². The van der Waals surface area contributed by atoms with Gasteiger partial charge in [0.25, 0.3) is 5.91 Å². The van der Waals surface area contributed by atoms with Crippen molar-refractivity contribution >= 4 is 23.2 Å². The van der Waals surface area contributed by atoms with Crippen molar-refractivity contribution in [3.05, 3.63) is 23.8 Å². The van der Waals surface area contributed by atoms with E-state index in [0.29, 0.717) is 35.3 Å². The zero-order valence-electron chi connectivity index (χ0n) is 13.8. The Kier molecular flexibility index (Phi) is 5.79. The number of morpholine rings is 1. The molecule has 0 saturated carbocycles. The molecule has 0 radical (unpaired) electrons. The van der Waals surface area contributed by atoms with Gasteiger partial charge in [-0.25, -0.2) is 0 Å². The second-order valence-electron chi connectivity index (χ2n) is 5.52. The third-order valence-corrected chi connectivity index (χ3v) is 3.90. The molecule has 1 aliphatic heterocycles. The predicted molar refractivity (Wildman–Crippen MR) is 91.2 cm³/mol. The Morgan fingerprint density at radius 2 is 1.70 bits per heavy atom. The van der Waals surface area contributed by atoms with Crippen molar-refractivity contribution < 1.29 is 19.0 Å². The summed E-state index contributed by atoms with van der Waals surface area (Å²) in [5.74, 6) is 0.807. The first-order chi connectivity index (χ1) is 10.9. The molecule has 2 rings (SSSR count). The molecule has 2 atom stereocenters. The highest BCUT2D eigenvalue weighted by atomic mass is 32.1. The Balaban J connectivity index is 2.07. The number of ether oxygens (including phenoxy) is 3. The van der Waals surface area contributed by atoms with Crippen LogP contribution >= 0.6 is 12.2 Å². The predicted octanol–water partition coefficient (Wildman–Crippen LogP) is 1.83. The van der Waals surface area contributed by atoms with Crippen molar-refractivity contribution in [1.82, 2.24) is 10.2 Å². The molecule has 126 valence electrons. The van der Waals surface area contributed by atoms with Gasteiger partial charge in [-0.05, 0) is 38.2 Å². The van der Waals surface area contributed by atoms with E-state index in [9.17, 15) is 4.79 Å². The van der Waals surface area contributed by atoms with Crippen LogP contribution in [-0.4, -0.2) is 55.4 Å². The molecular formula is C16H22N2O4S. The molecule has 1 N–H and O–H groups in total. The number of thiocarbonyl (C=S) groups is 1. The van der Waals surface area contributed by atoms with Crippen LogP contribution in [0.4, 0.5) is 0 Å². The van der Waals surface area contributed by atoms with Gasteiger partial charge in [0.1, 0.15) is 11.5 Å². The molecule has 1 aromatic rings. The number of nitrogens with zero attached hydrogens (tertiary/aromatic N) is 1. The molecule has 1 heterocycles. The molecule has 2 unspecified atom stereocenters. The zero-order valence-corrected chi connectivity index (χ0v) is 14.6. The summed E-state index contributed by atoms with van der Waals surface area (Å²) >= 11 is 5.35. The number of benzene rings is 1. The monoisotopic (exact) mass is 338 g/mol. The van der Waals surface area contributed by atoms with E-state index in [0.717, 1.165) is 0 Å². The van der Waals surface area contributed by atoms with Crippen molar-refractivity contribution in [2.75, 3.05) is 27.3 Å². The number of rotatable bonds is 3. The average molecular weight is 338 g/mol. The van der Waals surface area contributed by atoms with E-state index < -0.39 is 0 Å². The van der Waals surface area contributed by atoms with Gasteiger partial charge in [-0.1, -0.05) is 0 Å². The second-order valence-corrected chi connectivity index (χ2v) is 5.91. The number of methoxy groups -OCH3 is 2. The van der Waals surface area contributed by atoms with Crippen LogP contribution in [0.25, 0.3) is 0 Å². The molecule has 1 saturated heterocycles. The molecule has 0 bridgehead atoms. The van der Waals surface area contributed by atoms with E-state index in [1.807, 2.05) is 18.7 Å². The van der Waals surface area contributed by atoms with Gasteiger partial charge in [0.15, 0.2) is 5.11 Å². The van der Waals surface area contributed by atoms with Gasteiger partial charge in [0.05, 0.1) is 26.4 Å². The Morgan fingerprint density at radius 1 is 1.17 bits per heavy atom. The molecule has 23 heavy (non-hydrogen) atoms. The summed E-state index contributed by atoms with van der Waals surface area (Å²) in [5.41, 5.74) is 0.429. The summed E-state index contributed by atoms with van der Waals surface area (Å²) in [7, 11) is 3.08. The third kappa shape index (κ3) is 4.56. The quantitative estimate of drug-likeness (QED) is 0.849. The van der Waals surface area contributed by atoms with Gasteiger partial charge in [-0.3, -0.25) is 10.1 Å². The largest absolute Gasteiger partial charge is 0.497 e. The minimum absolute atomic E-state index is 0.0746. The van der Waals surface area contributed by atoms with Crippen LogP contribution in [0.1, 0.15) is 24.2 Å². The number of hydrogen-bond acceptors (Lipinski definition) is 5. The molecule has 0 aromatic heterocycles. The molecule has 0 aliphatic carbocycles. The fourth-order valence-electron chi connectivity index (χ4n) is 2.53. The van der Waals surface area contributed by atoms with Gasteiger partial charge in [0, 0.05) is 24.7 Å². The first-order valence-corrected chi connectivity index (χ1v) is 7.82. The summed E-state index contributed by atoms with van der Waals surface area (Å²) in [5, 5.41) is 3.16. The summed E-state index contributed by atoms with van der Waals surface area (Å²) in [6.07, 6.45) is 0.149. The Morgan fingerprint density at radius 3 is 2.17 bits per heavy atom. The van der Waals surface area contributed by atoms with Gasteiger partial charge < -0.3 is 19.1 Å². The van der Waals surface area contributed by atoms with Crippen molar-refractivity contribution in [3.63, 3.8) is 0 Å². The molecule has 1 aromatic carbocycles. The smallest absolute Gasteiger partial charge is 0.257 e. The molecule has 7 heteroatoms. The topological polar surface area (TPSA) is 60.0 Å². The van der Waals surface area contributed by atoms with Crippen LogP contribution in [0.3, 0.4) is 0 Å². The highest BCUT2D eigenvalue weighted by Gasteiger charge is 2.25. The van der Waals surface area contributed by atoms with Crippen LogP contribution in [0, 0.1) is 0 Å². The number of carbonyl (C=O) groups is 1. The van der Waals surface area contributed by atoms with E-state index in [-0.39, 0.29) is 18.1 Å². The lowest BCUT2D eigenvalue weighted by Gasteiger charge is -2.36. The van der Waals surface area contributed by atoms with Crippen LogP contribution < -0.4 is 14.8 Å². The number of amides is 1. The Hall–Kier alpha value is -1.86. The molecule has 0 spiro atoms. The summed E-state index contributed by atoms with van der Waals surface area (Å²) < 4.78 is 16.0. The number of nitrogens with one attached hydrogen (secondary N) is 1. The maximum Gasteiger partial charge on any atom is 0.257 e. The second kappa shape index (κ2) is 7.61. The lowest BCUT2D eigenvalue weighted by Crippen LogP contribution is -2.52. The summed E-state index contributed by atoms with van der Waals surface area (Å²) in [6.45, 7) is 5.29. The minimum atomic E-state index is -0.293. The fraction of sp³-hybridized carbons (Fsp3) is 0.500. The average Bonchev–Trinajstić information content (AvgIpc) is 2.53. The Bertz CT molecular complexity index is 561. The van der Waals surface area contributed by atoms with Crippen LogP contribution in [-0.2, 0) is 4.74 Å². The first-order valence-electron chi connectivity index (χ1n) is 7.41. The molecule has 1 fully saturated rings. The maximum atomic E-state index is 12.4. The molecule has 1 aliphatic rings. The molecular weight excluding hydrogens is 316 g/mol. The van der Waals surface area contributed by atoms with Crippen molar-refractivity contribution in [2.45, 2.75) is 26.1 Å². The number of hydrogen-bond donors (Lipinski definition) is 1. The molecule has 6 nitrogen and oxygen atoms in total. The summed E-state index contributed by atoms with van der Waals surface area (Å²) in [4.78, 5) is 14.4. The zero-order chi connectivity index (χ0) is 17.0. The van der Waals surface area contributed by atoms with E-state index in [1.54, 1.807) is 18.2 Å². The van der Waals surface area contributed by atoms with Gasteiger partial charge in [0.2, 0.25) is 0 Å². The van der Waals surface area contributed by atoms with Crippen molar-refractivity contribution in [2.24, 2.45) is 0 Å². The highest BCUT2D eigenvalue weighted by Crippen LogP contribution is 2.22. The van der Waals surface area contributed by atoms with E-state index in [1.165, 1.54) is 14.2 Å². The van der Waals surface area contributed by atoms with Crippen LogP contribution in [0.2, 0.25) is 0 Å². The number of carbonyl (C=O) groups excluding carboxylic acids is 1. The first kappa shape index (κ1) is 17.5. The van der Waals surface area contributed by atoms with E-state index >= 15 is 0 Å². The maximum absolute atomic E-state index is 12.4. The lowest BCUT2D eigenvalue weighted by atomic mass is 10.2. The highest BCUT2D eigenvalue weighted by molar-refractivity contribution is 7.80. The van der Waals surface area contributed by atoms with E-state index in [4.69, 9.17) is 26.4 Å². The minimum Gasteiger partial charge on any atom is -0.497 e. The van der Waals surface area contributed by atoms with Gasteiger partial charge in [-0.2, -0.15) is 0 Å².